The third kappa shape index (κ3) is 4.29. The van der Waals surface area contributed by atoms with Crippen molar-refractivity contribution in [1.82, 2.24) is 19.7 Å². The number of anilines is 2. The van der Waals surface area contributed by atoms with Crippen LogP contribution in [0, 0.1) is 18.6 Å². The van der Waals surface area contributed by atoms with Crippen molar-refractivity contribution in [2.75, 3.05) is 56.5 Å². The number of hydrogen-bond donors (Lipinski definition) is 2. The van der Waals surface area contributed by atoms with Crippen molar-refractivity contribution in [3.05, 3.63) is 59.3 Å². The normalized spacial score (nSPS) is 22.3. The zero-order valence-corrected chi connectivity index (χ0v) is 20.9. The number of nitrogens with one attached hydrogen (secondary N) is 2. The molecule has 3 amide bonds. The van der Waals surface area contributed by atoms with Gasteiger partial charge in [0.2, 0.25) is 0 Å². The second kappa shape index (κ2) is 9.02. The van der Waals surface area contributed by atoms with E-state index in [9.17, 15) is 18.4 Å². The Kier molecular flexibility index (Phi) is 5.78. The molecule has 2 aromatic carbocycles. The van der Waals surface area contributed by atoms with Gasteiger partial charge >= 0.3 is 6.03 Å². The molecule has 6 rings (SSSR count). The fourth-order valence-corrected chi connectivity index (χ4v) is 5.98. The number of aromatic amines is 1. The lowest BCUT2D eigenvalue weighted by atomic mass is 10.1. The molecule has 8 nitrogen and oxygen atoms in total. The van der Waals surface area contributed by atoms with Crippen LogP contribution in [0.5, 0.6) is 0 Å². The molecule has 0 radical (unpaired) electrons. The second-order valence-electron chi connectivity index (χ2n) is 10.4. The number of piperazine rings is 1. The Labute approximate surface area is 213 Å². The van der Waals surface area contributed by atoms with Gasteiger partial charge in [0.25, 0.3) is 5.91 Å². The second-order valence-corrected chi connectivity index (χ2v) is 10.4. The summed E-state index contributed by atoms with van der Waals surface area (Å²) in [7, 11) is 1.85. The van der Waals surface area contributed by atoms with Crippen LogP contribution in [0.2, 0.25) is 0 Å². The van der Waals surface area contributed by atoms with E-state index in [1.54, 1.807) is 17.0 Å². The van der Waals surface area contributed by atoms with Crippen LogP contribution in [0.3, 0.4) is 0 Å². The third-order valence-electron chi connectivity index (χ3n) is 7.95. The van der Waals surface area contributed by atoms with E-state index in [-0.39, 0.29) is 17.8 Å². The standard InChI is InChI=1S/C27H30F2N6O2/c1-16-3-4-23(29)22-12-24(31-25(16)22)26(36)30-18-9-17(28)10-20(11-18)33-6-5-19(14-33)34-7-8-35-21(15-34)13-32(2)27(35)37/h3-4,9-12,19,21,31H,5-8,13-15H2,1-2H3,(H,30,36)/t19-,21-/m1/s1. The Morgan fingerprint density at radius 3 is 2.68 bits per heavy atom. The molecule has 1 aromatic heterocycles. The van der Waals surface area contributed by atoms with E-state index in [2.05, 4.69) is 20.1 Å². The number of aromatic nitrogens is 1. The highest BCUT2D eigenvalue weighted by atomic mass is 19.1. The summed E-state index contributed by atoms with van der Waals surface area (Å²) in [5, 5.41) is 3.11. The maximum atomic E-state index is 14.6. The number of halogens is 2. The van der Waals surface area contributed by atoms with Crippen LogP contribution in [0.1, 0.15) is 22.5 Å². The molecule has 3 aromatic rings. The number of carbonyl (C=O) groups is 2. The van der Waals surface area contributed by atoms with Crippen molar-refractivity contribution in [1.29, 1.82) is 0 Å². The van der Waals surface area contributed by atoms with Crippen LogP contribution in [0.4, 0.5) is 25.0 Å². The summed E-state index contributed by atoms with van der Waals surface area (Å²) in [5.74, 6) is -1.30. The van der Waals surface area contributed by atoms with Gasteiger partial charge in [-0.15, -0.1) is 0 Å². The van der Waals surface area contributed by atoms with E-state index in [1.807, 2.05) is 18.9 Å². The fraction of sp³-hybridized carbons (Fsp3) is 0.407. The quantitative estimate of drug-likeness (QED) is 0.565. The number of aryl methyl sites for hydroxylation is 1. The number of nitrogens with zero attached hydrogens (tertiary/aromatic N) is 4. The molecule has 0 unspecified atom stereocenters. The van der Waals surface area contributed by atoms with Crippen LogP contribution in [-0.2, 0) is 0 Å². The van der Waals surface area contributed by atoms with Crippen molar-refractivity contribution >= 4 is 34.2 Å². The predicted octanol–water partition coefficient (Wildman–Crippen LogP) is 3.64. The summed E-state index contributed by atoms with van der Waals surface area (Å²) in [6.45, 7) is 6.56. The summed E-state index contributed by atoms with van der Waals surface area (Å²) in [6, 6.07) is 9.73. The first kappa shape index (κ1) is 23.7. The van der Waals surface area contributed by atoms with Crippen molar-refractivity contribution in [2.45, 2.75) is 25.4 Å². The predicted molar refractivity (Wildman–Crippen MR) is 138 cm³/mol. The highest BCUT2D eigenvalue weighted by Gasteiger charge is 2.41. The van der Waals surface area contributed by atoms with Crippen molar-refractivity contribution in [2.24, 2.45) is 0 Å². The molecule has 10 heteroatoms. The zero-order chi connectivity index (χ0) is 25.8. The third-order valence-corrected chi connectivity index (χ3v) is 7.95. The number of amides is 3. The number of benzene rings is 2. The van der Waals surface area contributed by atoms with Crippen molar-refractivity contribution in [3.8, 4) is 0 Å². The number of fused-ring (bicyclic) bond motifs is 2. The average Bonchev–Trinajstić information content (AvgIpc) is 3.60. The summed E-state index contributed by atoms with van der Waals surface area (Å²) in [6.07, 6.45) is 0.953. The van der Waals surface area contributed by atoms with Gasteiger partial charge in [0.05, 0.1) is 11.6 Å². The van der Waals surface area contributed by atoms with Crippen LogP contribution in [0.25, 0.3) is 10.9 Å². The van der Waals surface area contributed by atoms with Crippen molar-refractivity contribution in [3.63, 3.8) is 0 Å². The smallest absolute Gasteiger partial charge is 0.320 e. The number of H-pyrrole nitrogens is 1. The number of hydrogen-bond acceptors (Lipinski definition) is 4. The lowest BCUT2D eigenvalue weighted by molar-refractivity contribution is 0.0947. The topological polar surface area (TPSA) is 74.9 Å². The van der Waals surface area contributed by atoms with Gasteiger partial charge in [-0.3, -0.25) is 9.69 Å². The van der Waals surface area contributed by atoms with Gasteiger partial charge in [-0.25, -0.2) is 13.6 Å². The molecule has 194 valence electrons. The van der Waals surface area contributed by atoms with E-state index in [0.717, 1.165) is 51.3 Å². The Morgan fingerprint density at radius 2 is 1.86 bits per heavy atom. The van der Waals surface area contributed by atoms with E-state index in [1.165, 1.54) is 24.3 Å². The molecule has 4 heterocycles. The molecule has 2 N–H and O–H groups in total. The molecule has 2 atom stereocenters. The van der Waals surface area contributed by atoms with Gasteiger partial charge < -0.3 is 25.0 Å². The number of urea groups is 1. The monoisotopic (exact) mass is 508 g/mol. The largest absolute Gasteiger partial charge is 0.370 e. The summed E-state index contributed by atoms with van der Waals surface area (Å²) < 4.78 is 28.8. The molecular weight excluding hydrogens is 478 g/mol. The van der Waals surface area contributed by atoms with E-state index >= 15 is 0 Å². The number of likely N-dealkylation sites (N-methyl/N-ethyl adjacent to an activating group) is 1. The molecule has 3 fully saturated rings. The van der Waals surface area contributed by atoms with Gasteiger partial charge in [0.15, 0.2) is 0 Å². The molecule has 0 bridgehead atoms. The zero-order valence-electron chi connectivity index (χ0n) is 20.9. The molecule has 0 spiro atoms. The molecule has 0 aliphatic carbocycles. The minimum Gasteiger partial charge on any atom is -0.370 e. The highest BCUT2D eigenvalue weighted by Crippen LogP contribution is 2.30. The lowest BCUT2D eigenvalue weighted by Gasteiger charge is -2.39. The Morgan fingerprint density at radius 1 is 1.03 bits per heavy atom. The van der Waals surface area contributed by atoms with Crippen LogP contribution in [0.15, 0.2) is 36.4 Å². The minimum atomic E-state index is -0.459. The van der Waals surface area contributed by atoms with E-state index < -0.39 is 17.5 Å². The lowest BCUT2D eigenvalue weighted by Crippen LogP contribution is -2.55. The number of carbonyl (C=O) groups excluding carboxylic acids is 2. The Bertz CT molecular complexity index is 1350. The van der Waals surface area contributed by atoms with Gasteiger partial charge in [-0.05, 0) is 49.2 Å². The number of rotatable bonds is 4. The molecule has 3 aliphatic rings. The van der Waals surface area contributed by atoms with Gasteiger partial charge in [0.1, 0.15) is 17.3 Å². The minimum absolute atomic E-state index is 0.111. The van der Waals surface area contributed by atoms with Gasteiger partial charge in [-0.2, -0.15) is 0 Å². The van der Waals surface area contributed by atoms with Gasteiger partial charge in [-0.1, -0.05) is 6.07 Å². The van der Waals surface area contributed by atoms with E-state index in [4.69, 9.17) is 0 Å². The molecule has 3 aliphatic heterocycles. The van der Waals surface area contributed by atoms with Crippen LogP contribution in [-0.4, -0.2) is 90.0 Å². The maximum absolute atomic E-state index is 14.6. The summed E-state index contributed by atoms with van der Waals surface area (Å²) >= 11 is 0. The van der Waals surface area contributed by atoms with Crippen molar-refractivity contribution < 1.29 is 18.4 Å². The summed E-state index contributed by atoms with van der Waals surface area (Å²) in [4.78, 5) is 36.5. The maximum Gasteiger partial charge on any atom is 0.320 e. The Hall–Kier alpha value is -3.66. The molecule has 0 saturated carbocycles. The Balaban J connectivity index is 1.14. The highest BCUT2D eigenvalue weighted by molar-refractivity contribution is 6.06. The molecule has 3 saturated heterocycles. The van der Waals surface area contributed by atoms with E-state index in [0.29, 0.717) is 28.3 Å². The molecule has 37 heavy (non-hydrogen) atoms. The first-order valence-corrected chi connectivity index (χ1v) is 12.7. The first-order chi connectivity index (χ1) is 17.8. The SMILES string of the molecule is Cc1ccc(F)c2cc(C(=O)Nc3cc(F)cc(N4CC[C@@H](N5CCN6C(=O)N(C)C[C@@H]6C5)C4)c3)[nH]c12. The van der Waals surface area contributed by atoms with Gasteiger partial charge in [0, 0.05) is 69.1 Å². The van der Waals surface area contributed by atoms with Crippen LogP contribution < -0.4 is 10.2 Å². The average molecular weight is 509 g/mol. The fourth-order valence-electron chi connectivity index (χ4n) is 5.98. The summed E-state index contributed by atoms with van der Waals surface area (Å²) in [5.41, 5.74) is 2.68. The first-order valence-electron chi connectivity index (χ1n) is 12.7. The molecular formula is C27H30F2N6O2. The van der Waals surface area contributed by atoms with Crippen LogP contribution >= 0.6 is 0 Å².